The van der Waals surface area contributed by atoms with Crippen molar-refractivity contribution in [3.8, 4) is 0 Å². The average molecular weight is 375 g/mol. The first-order valence-corrected chi connectivity index (χ1v) is 10.2. The number of nitrogens with zero attached hydrogens (tertiary/aromatic N) is 4. The van der Waals surface area contributed by atoms with Crippen LogP contribution < -0.4 is 0 Å². The Hall–Kier alpha value is 0.0300. The van der Waals surface area contributed by atoms with Crippen molar-refractivity contribution in [2.24, 2.45) is 0 Å². The quantitative estimate of drug-likeness (QED) is 0.608. The van der Waals surface area contributed by atoms with E-state index in [-0.39, 0.29) is 0 Å². The molecule has 0 radical (unpaired) electrons. The molecular weight excluding hydrogens is 344 g/mol. The van der Waals surface area contributed by atoms with E-state index in [9.17, 15) is 0 Å². The van der Waals surface area contributed by atoms with Gasteiger partial charge in [0.05, 0.1) is 65.2 Å². The van der Waals surface area contributed by atoms with Gasteiger partial charge >= 0.3 is 0 Å². The molecule has 0 spiro atoms. The van der Waals surface area contributed by atoms with Crippen molar-refractivity contribution in [3.05, 3.63) is 0 Å². The maximum Gasteiger partial charge on any atom is 0.0972 e. The molecule has 0 bridgehead atoms. The minimum Gasteiger partial charge on any atom is -0.379 e. The summed E-state index contributed by atoms with van der Waals surface area (Å²) in [6.45, 7) is 12.3. The van der Waals surface area contributed by atoms with Gasteiger partial charge < -0.3 is 18.9 Å². The molecule has 9 heteroatoms. The van der Waals surface area contributed by atoms with Crippen LogP contribution in [0.5, 0.6) is 0 Å². The van der Waals surface area contributed by atoms with Gasteiger partial charge in [-0.2, -0.15) is 0 Å². The first kappa shape index (κ1) is 18.4. The van der Waals surface area contributed by atoms with Crippen LogP contribution in [-0.4, -0.2) is 123 Å². The van der Waals surface area contributed by atoms with E-state index in [0.29, 0.717) is 12.3 Å². The van der Waals surface area contributed by atoms with Crippen molar-refractivity contribution in [2.45, 2.75) is 12.3 Å². The summed E-state index contributed by atoms with van der Waals surface area (Å²) in [6.07, 6.45) is 0.659. The number of morpholine rings is 4. The molecule has 4 aliphatic heterocycles. The summed E-state index contributed by atoms with van der Waals surface area (Å²) in [5, 5.41) is 0. The topological polar surface area (TPSA) is 49.9 Å². The van der Waals surface area contributed by atoms with E-state index in [1.807, 2.05) is 12.1 Å². The SMILES string of the molecule is C1CN(C2COCCN2SN2CCOCC2N2CCOCC2)CCO1. The molecule has 8 nitrogen and oxygen atoms in total. The minimum absolute atomic E-state index is 0.329. The Morgan fingerprint density at radius 2 is 0.920 bits per heavy atom. The van der Waals surface area contributed by atoms with Crippen molar-refractivity contribution >= 4 is 12.1 Å². The molecule has 25 heavy (non-hydrogen) atoms. The van der Waals surface area contributed by atoms with Gasteiger partial charge in [-0.3, -0.25) is 9.80 Å². The van der Waals surface area contributed by atoms with E-state index >= 15 is 0 Å². The summed E-state index contributed by atoms with van der Waals surface area (Å²) in [5.41, 5.74) is 0. The van der Waals surface area contributed by atoms with E-state index in [1.54, 1.807) is 0 Å². The number of hydrogen-bond acceptors (Lipinski definition) is 9. The van der Waals surface area contributed by atoms with Gasteiger partial charge in [0.25, 0.3) is 0 Å². The third-order valence-corrected chi connectivity index (χ3v) is 6.53. The van der Waals surface area contributed by atoms with Crippen molar-refractivity contribution < 1.29 is 18.9 Å². The van der Waals surface area contributed by atoms with Gasteiger partial charge in [-0.15, -0.1) is 0 Å². The normalized spacial score (nSPS) is 35.0. The Kier molecular flexibility index (Phi) is 6.84. The standard InChI is InChI=1S/C16H30N4O4S/c1-7-21-8-2-17(1)15-13-23-11-5-19(15)25-20-6-12-24-14-16(20)18-3-9-22-10-4-18/h15-16H,1-14H2. The van der Waals surface area contributed by atoms with Gasteiger partial charge in [-0.25, -0.2) is 8.61 Å². The van der Waals surface area contributed by atoms with E-state index in [1.165, 1.54) is 0 Å². The van der Waals surface area contributed by atoms with E-state index < -0.39 is 0 Å². The zero-order chi connectivity index (χ0) is 16.9. The van der Waals surface area contributed by atoms with Crippen molar-refractivity contribution in [1.82, 2.24) is 18.4 Å². The van der Waals surface area contributed by atoms with Crippen LogP contribution in [0.1, 0.15) is 0 Å². The summed E-state index contributed by atoms with van der Waals surface area (Å²) < 4.78 is 27.6. The Labute approximate surface area is 154 Å². The van der Waals surface area contributed by atoms with Gasteiger partial charge in [0, 0.05) is 51.4 Å². The lowest BCUT2D eigenvalue weighted by Gasteiger charge is -2.48. The van der Waals surface area contributed by atoms with Gasteiger partial charge in [-0.05, 0) is 0 Å². The highest BCUT2D eigenvalue weighted by Gasteiger charge is 2.36. The molecule has 2 atom stereocenters. The van der Waals surface area contributed by atoms with Crippen LogP contribution in [-0.2, 0) is 18.9 Å². The smallest absolute Gasteiger partial charge is 0.0972 e. The highest BCUT2D eigenvalue weighted by molar-refractivity contribution is 7.94. The van der Waals surface area contributed by atoms with Crippen molar-refractivity contribution in [3.63, 3.8) is 0 Å². The zero-order valence-electron chi connectivity index (χ0n) is 14.9. The van der Waals surface area contributed by atoms with E-state index in [0.717, 1.165) is 92.1 Å². The molecule has 0 aliphatic carbocycles. The van der Waals surface area contributed by atoms with Gasteiger partial charge in [0.1, 0.15) is 0 Å². The zero-order valence-corrected chi connectivity index (χ0v) is 15.7. The predicted octanol–water partition coefficient (Wildman–Crippen LogP) is -0.469. The second kappa shape index (κ2) is 9.29. The predicted molar refractivity (Wildman–Crippen MR) is 95.0 cm³/mol. The summed E-state index contributed by atoms with van der Waals surface area (Å²) in [4.78, 5) is 5.00. The van der Waals surface area contributed by atoms with Gasteiger partial charge in [0.15, 0.2) is 0 Å². The number of ether oxygens (including phenoxy) is 4. The Balaban J connectivity index is 1.40. The second-order valence-corrected chi connectivity index (χ2v) is 7.87. The van der Waals surface area contributed by atoms with Crippen LogP contribution in [0.3, 0.4) is 0 Å². The summed E-state index contributed by atoms with van der Waals surface area (Å²) in [7, 11) is 0. The monoisotopic (exact) mass is 374 g/mol. The third kappa shape index (κ3) is 4.66. The second-order valence-electron chi connectivity index (χ2n) is 6.77. The molecule has 2 unspecified atom stereocenters. The molecule has 0 aromatic heterocycles. The molecular formula is C16H30N4O4S. The average Bonchev–Trinajstić information content (AvgIpc) is 2.70. The third-order valence-electron chi connectivity index (χ3n) is 5.25. The van der Waals surface area contributed by atoms with Crippen LogP contribution in [0.15, 0.2) is 0 Å². The van der Waals surface area contributed by atoms with E-state index in [4.69, 9.17) is 18.9 Å². The molecule has 4 heterocycles. The first-order chi connectivity index (χ1) is 12.4. The van der Waals surface area contributed by atoms with Crippen LogP contribution in [0.2, 0.25) is 0 Å². The lowest BCUT2D eigenvalue weighted by molar-refractivity contribution is -0.0815. The molecule has 0 N–H and O–H groups in total. The van der Waals surface area contributed by atoms with Crippen LogP contribution in [0, 0.1) is 0 Å². The van der Waals surface area contributed by atoms with Crippen LogP contribution >= 0.6 is 12.1 Å². The minimum atomic E-state index is 0.329. The first-order valence-electron chi connectivity index (χ1n) is 9.42. The summed E-state index contributed by atoms with van der Waals surface area (Å²) in [6, 6.07) is 0. The van der Waals surface area contributed by atoms with Gasteiger partial charge in [-0.1, -0.05) is 0 Å². The maximum atomic E-state index is 5.79. The highest BCUT2D eigenvalue weighted by atomic mass is 32.2. The fourth-order valence-corrected chi connectivity index (χ4v) is 4.99. The van der Waals surface area contributed by atoms with Crippen LogP contribution in [0.25, 0.3) is 0 Å². The van der Waals surface area contributed by atoms with Crippen LogP contribution in [0.4, 0.5) is 0 Å². The molecule has 4 rings (SSSR count). The molecule has 4 aliphatic rings. The molecule has 0 aromatic carbocycles. The number of rotatable bonds is 4. The Morgan fingerprint density at radius 1 is 0.520 bits per heavy atom. The van der Waals surface area contributed by atoms with Crippen molar-refractivity contribution in [1.29, 1.82) is 0 Å². The maximum absolute atomic E-state index is 5.79. The molecule has 4 saturated heterocycles. The molecule has 0 saturated carbocycles. The lowest BCUT2D eigenvalue weighted by Crippen LogP contribution is -2.59. The summed E-state index contributed by atoms with van der Waals surface area (Å²) in [5.74, 6) is 0. The molecule has 0 aromatic rings. The molecule has 0 amide bonds. The molecule has 144 valence electrons. The molecule has 4 fully saturated rings. The Bertz CT molecular complexity index is 374. The number of hydrogen-bond donors (Lipinski definition) is 0. The largest absolute Gasteiger partial charge is 0.379 e. The lowest BCUT2D eigenvalue weighted by atomic mass is 10.3. The van der Waals surface area contributed by atoms with Crippen molar-refractivity contribution in [2.75, 3.05) is 92.1 Å². The fourth-order valence-electron chi connectivity index (χ4n) is 3.80. The summed E-state index contributed by atoms with van der Waals surface area (Å²) >= 11 is 1.89. The Morgan fingerprint density at radius 3 is 1.36 bits per heavy atom. The van der Waals surface area contributed by atoms with Gasteiger partial charge in [0.2, 0.25) is 0 Å². The highest BCUT2D eigenvalue weighted by Crippen LogP contribution is 2.29. The van der Waals surface area contributed by atoms with E-state index in [2.05, 4.69) is 18.4 Å². The fraction of sp³-hybridized carbons (Fsp3) is 1.00.